The van der Waals surface area contributed by atoms with Crippen molar-refractivity contribution in [3.8, 4) is 0 Å². The number of rotatable bonds is 3. The largest absolute Gasteiger partial charge is 0.465 e. The Hall–Kier alpha value is -0.940. The standard InChI is InChI=1S/C11H15NO3S/c1-3-7-9(11(13)14-2)16-10(12-7)8-5-4-6-15-8/h8H,3-6H2,1-2H3/t8-/m0/s1. The van der Waals surface area contributed by atoms with Gasteiger partial charge >= 0.3 is 5.97 Å². The van der Waals surface area contributed by atoms with Gasteiger partial charge < -0.3 is 9.47 Å². The van der Waals surface area contributed by atoms with Gasteiger partial charge in [-0.15, -0.1) is 11.3 Å². The van der Waals surface area contributed by atoms with Crippen molar-refractivity contribution in [3.05, 3.63) is 15.6 Å². The van der Waals surface area contributed by atoms with Crippen LogP contribution >= 0.6 is 11.3 Å². The van der Waals surface area contributed by atoms with E-state index < -0.39 is 0 Å². The second kappa shape index (κ2) is 4.93. The lowest BCUT2D eigenvalue weighted by Crippen LogP contribution is -2.01. The third-order valence-electron chi connectivity index (χ3n) is 2.62. The predicted octanol–water partition coefficient (Wildman–Crippen LogP) is 2.34. The van der Waals surface area contributed by atoms with E-state index in [1.54, 1.807) is 0 Å². The van der Waals surface area contributed by atoms with Gasteiger partial charge in [0.05, 0.1) is 12.8 Å². The zero-order valence-corrected chi connectivity index (χ0v) is 10.3. The number of aryl methyl sites for hydroxylation is 1. The summed E-state index contributed by atoms with van der Waals surface area (Å²) in [6.07, 6.45) is 2.89. The number of nitrogens with zero attached hydrogens (tertiary/aromatic N) is 1. The number of thiazole rings is 1. The number of hydrogen-bond donors (Lipinski definition) is 0. The van der Waals surface area contributed by atoms with Gasteiger partial charge in [-0.25, -0.2) is 9.78 Å². The first kappa shape index (κ1) is 11.5. The molecule has 2 rings (SSSR count). The molecule has 0 bridgehead atoms. The highest BCUT2D eigenvalue weighted by molar-refractivity contribution is 7.13. The summed E-state index contributed by atoms with van der Waals surface area (Å²) in [5, 5.41) is 0.912. The Morgan fingerprint density at radius 2 is 2.50 bits per heavy atom. The molecule has 0 aliphatic carbocycles. The van der Waals surface area contributed by atoms with Crippen LogP contribution in [-0.4, -0.2) is 24.7 Å². The van der Waals surface area contributed by atoms with Crippen molar-refractivity contribution in [3.63, 3.8) is 0 Å². The second-order valence-corrected chi connectivity index (χ2v) is 4.71. The molecule has 0 aromatic carbocycles. The average Bonchev–Trinajstić information content (AvgIpc) is 2.95. The van der Waals surface area contributed by atoms with Crippen LogP contribution in [-0.2, 0) is 15.9 Å². The topological polar surface area (TPSA) is 48.4 Å². The average molecular weight is 241 g/mol. The molecular weight excluding hydrogens is 226 g/mol. The molecule has 4 nitrogen and oxygen atoms in total. The fraction of sp³-hybridized carbons (Fsp3) is 0.636. The lowest BCUT2D eigenvalue weighted by Gasteiger charge is -2.03. The Morgan fingerprint density at radius 1 is 1.69 bits per heavy atom. The molecule has 1 aliphatic heterocycles. The summed E-state index contributed by atoms with van der Waals surface area (Å²) in [5.74, 6) is -0.293. The van der Waals surface area contributed by atoms with E-state index in [1.165, 1.54) is 18.4 Å². The molecule has 16 heavy (non-hydrogen) atoms. The van der Waals surface area contributed by atoms with Crippen molar-refractivity contribution in [1.29, 1.82) is 0 Å². The van der Waals surface area contributed by atoms with Crippen LogP contribution < -0.4 is 0 Å². The van der Waals surface area contributed by atoms with E-state index in [-0.39, 0.29) is 12.1 Å². The van der Waals surface area contributed by atoms with Gasteiger partial charge in [0.25, 0.3) is 0 Å². The fourth-order valence-corrected chi connectivity index (χ4v) is 2.93. The van der Waals surface area contributed by atoms with Crippen molar-refractivity contribution < 1.29 is 14.3 Å². The summed E-state index contributed by atoms with van der Waals surface area (Å²) in [6.45, 7) is 2.78. The van der Waals surface area contributed by atoms with Gasteiger partial charge in [0.2, 0.25) is 0 Å². The monoisotopic (exact) mass is 241 g/mol. The van der Waals surface area contributed by atoms with Crippen LogP contribution in [0.2, 0.25) is 0 Å². The van der Waals surface area contributed by atoms with Crippen LogP contribution in [0, 0.1) is 0 Å². The molecule has 1 atom stereocenters. The highest BCUT2D eigenvalue weighted by atomic mass is 32.1. The van der Waals surface area contributed by atoms with Crippen molar-refractivity contribution in [1.82, 2.24) is 4.98 Å². The fourth-order valence-electron chi connectivity index (χ4n) is 1.77. The Bertz CT molecular complexity index is 383. The lowest BCUT2D eigenvalue weighted by molar-refractivity contribution is 0.0605. The van der Waals surface area contributed by atoms with Crippen molar-refractivity contribution in [2.24, 2.45) is 0 Å². The van der Waals surface area contributed by atoms with Gasteiger partial charge in [0.1, 0.15) is 16.0 Å². The number of carbonyl (C=O) groups excluding carboxylic acids is 1. The zero-order chi connectivity index (χ0) is 11.5. The van der Waals surface area contributed by atoms with Crippen LogP contribution in [0.5, 0.6) is 0 Å². The molecule has 5 heteroatoms. The van der Waals surface area contributed by atoms with E-state index in [0.29, 0.717) is 4.88 Å². The Kier molecular flexibility index (Phi) is 3.56. The minimum atomic E-state index is -0.293. The molecule has 2 heterocycles. The first-order valence-corrected chi connectivity index (χ1v) is 6.27. The summed E-state index contributed by atoms with van der Waals surface area (Å²) in [4.78, 5) is 16.6. The molecular formula is C11H15NO3S. The maximum absolute atomic E-state index is 11.5. The second-order valence-electron chi connectivity index (χ2n) is 3.67. The quantitative estimate of drug-likeness (QED) is 0.762. The van der Waals surface area contributed by atoms with E-state index >= 15 is 0 Å². The highest BCUT2D eigenvalue weighted by Crippen LogP contribution is 2.33. The molecule has 0 spiro atoms. The SMILES string of the molecule is CCc1nc([C@@H]2CCCO2)sc1C(=O)OC. The van der Waals surface area contributed by atoms with Crippen LogP contribution in [0.15, 0.2) is 0 Å². The molecule has 0 amide bonds. The van der Waals surface area contributed by atoms with Gasteiger partial charge in [-0.3, -0.25) is 0 Å². The zero-order valence-electron chi connectivity index (χ0n) is 9.49. The minimum absolute atomic E-state index is 0.0775. The third kappa shape index (κ3) is 2.10. The lowest BCUT2D eigenvalue weighted by atomic mass is 10.2. The van der Waals surface area contributed by atoms with Gasteiger partial charge in [-0.05, 0) is 19.3 Å². The maximum atomic E-state index is 11.5. The summed E-state index contributed by atoms with van der Waals surface area (Å²) in [6, 6.07) is 0. The van der Waals surface area contributed by atoms with Gasteiger partial charge in [-0.2, -0.15) is 0 Å². The van der Waals surface area contributed by atoms with E-state index in [9.17, 15) is 4.79 Å². The first-order valence-electron chi connectivity index (χ1n) is 5.45. The van der Waals surface area contributed by atoms with Crippen LogP contribution in [0.4, 0.5) is 0 Å². The number of methoxy groups -OCH3 is 1. The van der Waals surface area contributed by atoms with Crippen molar-refractivity contribution in [2.75, 3.05) is 13.7 Å². The van der Waals surface area contributed by atoms with E-state index in [2.05, 4.69) is 4.98 Å². The summed E-state index contributed by atoms with van der Waals surface area (Å²) in [5.41, 5.74) is 0.822. The summed E-state index contributed by atoms with van der Waals surface area (Å²) < 4.78 is 10.3. The van der Waals surface area contributed by atoms with E-state index in [1.807, 2.05) is 6.92 Å². The predicted molar refractivity (Wildman–Crippen MR) is 60.8 cm³/mol. The minimum Gasteiger partial charge on any atom is -0.465 e. The molecule has 1 fully saturated rings. The van der Waals surface area contributed by atoms with Crippen LogP contribution in [0.25, 0.3) is 0 Å². The number of aromatic nitrogens is 1. The molecule has 1 aliphatic rings. The van der Waals surface area contributed by atoms with Gasteiger partial charge in [0.15, 0.2) is 0 Å². The smallest absolute Gasteiger partial charge is 0.349 e. The third-order valence-corrected chi connectivity index (χ3v) is 3.79. The normalized spacial score (nSPS) is 20.0. The summed E-state index contributed by atoms with van der Waals surface area (Å²) in [7, 11) is 1.40. The molecule has 0 unspecified atom stereocenters. The van der Waals surface area contributed by atoms with Crippen LogP contribution in [0.3, 0.4) is 0 Å². The van der Waals surface area contributed by atoms with E-state index in [0.717, 1.165) is 36.6 Å². The van der Waals surface area contributed by atoms with Crippen molar-refractivity contribution >= 4 is 17.3 Å². The van der Waals surface area contributed by atoms with Gasteiger partial charge in [0, 0.05) is 6.61 Å². The van der Waals surface area contributed by atoms with Crippen molar-refractivity contribution in [2.45, 2.75) is 32.3 Å². The number of esters is 1. The van der Waals surface area contributed by atoms with E-state index in [4.69, 9.17) is 9.47 Å². The first-order chi connectivity index (χ1) is 7.76. The molecule has 1 saturated heterocycles. The number of hydrogen-bond acceptors (Lipinski definition) is 5. The molecule has 0 N–H and O–H groups in total. The molecule has 0 radical (unpaired) electrons. The van der Waals surface area contributed by atoms with Gasteiger partial charge in [-0.1, -0.05) is 6.92 Å². The number of carbonyl (C=O) groups is 1. The molecule has 0 saturated carbocycles. The number of ether oxygens (including phenoxy) is 2. The molecule has 1 aromatic heterocycles. The summed E-state index contributed by atoms with van der Waals surface area (Å²) >= 11 is 1.40. The van der Waals surface area contributed by atoms with Crippen LogP contribution in [0.1, 0.15) is 46.2 Å². The molecule has 1 aromatic rings. The Labute approximate surface area is 98.6 Å². The highest BCUT2D eigenvalue weighted by Gasteiger charge is 2.25. The maximum Gasteiger partial charge on any atom is 0.349 e. The Morgan fingerprint density at radius 3 is 3.06 bits per heavy atom. The molecule has 88 valence electrons. The Balaban J connectivity index is 2.27.